The van der Waals surface area contributed by atoms with Crippen LogP contribution in [-0.4, -0.2) is 39.9 Å². The largest absolute Gasteiger partial charge is 0.375 e. The van der Waals surface area contributed by atoms with E-state index in [0.717, 1.165) is 13.0 Å². The second-order valence-electron chi connectivity index (χ2n) is 5.74. The number of thioether (sulfide) groups is 1. The molecule has 2 unspecified atom stereocenters. The van der Waals surface area contributed by atoms with Crippen molar-refractivity contribution in [1.82, 2.24) is 5.06 Å². The molecule has 0 amide bonds. The summed E-state index contributed by atoms with van der Waals surface area (Å²) in [6.07, 6.45) is 0.909. The fraction of sp³-hybridized carbons (Fsp3) is 1.00. The number of hydrogen-bond donors (Lipinski definition) is 0. The van der Waals surface area contributed by atoms with Crippen LogP contribution in [0.2, 0.25) is 0 Å². The van der Waals surface area contributed by atoms with Gasteiger partial charge in [-0.25, -0.2) is 0 Å². The third-order valence-electron chi connectivity index (χ3n) is 3.43. The first-order valence-corrected chi connectivity index (χ1v) is 6.59. The summed E-state index contributed by atoms with van der Waals surface area (Å²) in [6.45, 7) is 8.77. The number of ether oxygens (including phenoxy) is 1. The highest BCUT2D eigenvalue weighted by molar-refractivity contribution is 8.06. The van der Waals surface area contributed by atoms with Gasteiger partial charge in [0.15, 0.2) is 0 Å². The van der Waals surface area contributed by atoms with Crippen LogP contribution in [0.25, 0.3) is 0 Å². The zero-order valence-electron chi connectivity index (χ0n) is 9.95. The summed E-state index contributed by atoms with van der Waals surface area (Å²) in [6, 6.07) is 0. The van der Waals surface area contributed by atoms with E-state index in [2.05, 4.69) is 0 Å². The fourth-order valence-electron chi connectivity index (χ4n) is 2.35. The van der Waals surface area contributed by atoms with Gasteiger partial charge in [0, 0.05) is 16.5 Å². The van der Waals surface area contributed by atoms with Gasteiger partial charge in [0.2, 0.25) is 0 Å². The van der Waals surface area contributed by atoms with Crippen molar-refractivity contribution in [2.24, 2.45) is 0 Å². The molecule has 2 heterocycles. The van der Waals surface area contributed by atoms with Gasteiger partial charge in [0.1, 0.15) is 0 Å². The van der Waals surface area contributed by atoms with Gasteiger partial charge in [0.25, 0.3) is 0 Å². The van der Waals surface area contributed by atoms with E-state index >= 15 is 0 Å². The molecule has 2 saturated heterocycles. The van der Waals surface area contributed by atoms with Crippen LogP contribution in [0.5, 0.6) is 0 Å². The van der Waals surface area contributed by atoms with E-state index in [-0.39, 0.29) is 17.2 Å². The summed E-state index contributed by atoms with van der Waals surface area (Å²) in [5, 5.41) is 13.9. The second kappa shape index (κ2) is 3.62. The van der Waals surface area contributed by atoms with E-state index in [1.807, 2.05) is 39.5 Å². The molecule has 1 radical (unpaired) electrons. The Morgan fingerprint density at radius 1 is 1.40 bits per heavy atom. The molecular weight excluding hydrogens is 210 g/mol. The number of hydrogen-bond acceptors (Lipinski definition) is 3. The number of nitrogens with zero attached hydrogens (tertiary/aromatic N) is 1. The maximum Gasteiger partial charge on any atom is 0.0796 e. The molecule has 2 aliphatic heterocycles. The van der Waals surface area contributed by atoms with Gasteiger partial charge in [0.05, 0.1) is 18.2 Å². The van der Waals surface area contributed by atoms with Crippen LogP contribution >= 0.6 is 11.8 Å². The number of hydroxylamine groups is 2. The summed E-state index contributed by atoms with van der Waals surface area (Å²) in [5.41, 5.74) is -0.673. The van der Waals surface area contributed by atoms with Gasteiger partial charge < -0.3 is 4.74 Å². The summed E-state index contributed by atoms with van der Waals surface area (Å²) >= 11 is 1.94. The van der Waals surface area contributed by atoms with Gasteiger partial charge in [-0.05, 0) is 34.1 Å². The van der Waals surface area contributed by atoms with Crippen LogP contribution in [-0.2, 0) is 9.94 Å². The van der Waals surface area contributed by atoms with E-state index in [9.17, 15) is 5.21 Å². The van der Waals surface area contributed by atoms with Crippen molar-refractivity contribution in [3.63, 3.8) is 0 Å². The van der Waals surface area contributed by atoms with Crippen LogP contribution in [0.1, 0.15) is 34.1 Å². The molecule has 2 aliphatic rings. The normalized spacial score (nSPS) is 38.2. The number of rotatable bonds is 3. The molecule has 0 aromatic rings. The smallest absolute Gasteiger partial charge is 0.0796 e. The van der Waals surface area contributed by atoms with E-state index in [1.54, 1.807) is 0 Å². The maximum absolute atomic E-state index is 12.1. The van der Waals surface area contributed by atoms with Gasteiger partial charge in [-0.3, -0.25) is 0 Å². The maximum atomic E-state index is 12.1. The molecule has 3 nitrogen and oxygen atoms in total. The van der Waals surface area contributed by atoms with E-state index in [4.69, 9.17) is 4.74 Å². The molecule has 0 bridgehead atoms. The summed E-state index contributed by atoms with van der Waals surface area (Å²) in [7, 11) is 0. The predicted molar refractivity (Wildman–Crippen MR) is 61.3 cm³/mol. The van der Waals surface area contributed by atoms with Crippen molar-refractivity contribution in [2.75, 3.05) is 12.4 Å². The lowest BCUT2D eigenvalue weighted by Gasteiger charge is -2.33. The first-order chi connectivity index (χ1) is 6.84. The van der Waals surface area contributed by atoms with Crippen LogP contribution in [0, 0.1) is 0 Å². The van der Waals surface area contributed by atoms with Crippen molar-refractivity contribution < 1.29 is 9.94 Å². The third kappa shape index (κ3) is 2.18. The van der Waals surface area contributed by atoms with Crippen molar-refractivity contribution >= 4 is 11.8 Å². The Morgan fingerprint density at radius 2 is 2.00 bits per heavy atom. The minimum Gasteiger partial charge on any atom is -0.375 e. The molecule has 4 heteroatoms. The summed E-state index contributed by atoms with van der Waals surface area (Å²) in [4.78, 5) is 0. The van der Waals surface area contributed by atoms with Crippen LogP contribution < -0.4 is 0 Å². The molecular formula is C11H20NO2S. The SMILES string of the molecule is CC1(C)CC(OCC2CS2)C(C)(C)N1[O]. The van der Waals surface area contributed by atoms with Gasteiger partial charge >= 0.3 is 0 Å². The van der Waals surface area contributed by atoms with Crippen LogP contribution in [0.15, 0.2) is 0 Å². The highest BCUT2D eigenvalue weighted by atomic mass is 32.2. The minimum absolute atomic E-state index is 0.0752. The molecule has 2 fully saturated rings. The van der Waals surface area contributed by atoms with Crippen LogP contribution in [0.3, 0.4) is 0 Å². The molecule has 0 aromatic heterocycles. The monoisotopic (exact) mass is 230 g/mol. The van der Waals surface area contributed by atoms with E-state index in [0.29, 0.717) is 5.25 Å². The van der Waals surface area contributed by atoms with Crippen molar-refractivity contribution in [3.8, 4) is 0 Å². The lowest BCUT2D eigenvalue weighted by molar-refractivity contribution is -0.253. The highest BCUT2D eigenvalue weighted by Gasteiger charge is 2.53. The Morgan fingerprint density at radius 3 is 2.40 bits per heavy atom. The average Bonchev–Trinajstić information content (AvgIpc) is 2.91. The van der Waals surface area contributed by atoms with E-state index in [1.165, 1.54) is 10.8 Å². The quantitative estimate of drug-likeness (QED) is 0.696. The van der Waals surface area contributed by atoms with Crippen molar-refractivity contribution in [2.45, 2.75) is 56.5 Å². The fourth-order valence-corrected chi connectivity index (χ4v) is 2.75. The zero-order valence-corrected chi connectivity index (χ0v) is 10.8. The standard InChI is InChI=1S/C11H20NO2S/c1-10(2)5-9(11(3,4)12(10)13)14-6-8-7-15-8/h8-9H,5-7H2,1-4H3. The molecule has 0 N–H and O–H groups in total. The molecule has 2 atom stereocenters. The molecule has 0 saturated carbocycles. The Bertz CT molecular complexity index is 251. The summed E-state index contributed by atoms with van der Waals surface area (Å²) in [5.74, 6) is 1.22. The Hall–Kier alpha value is 0.230. The predicted octanol–water partition coefficient (Wildman–Crippen LogP) is 2.10. The van der Waals surface area contributed by atoms with Crippen molar-refractivity contribution in [3.05, 3.63) is 0 Å². The van der Waals surface area contributed by atoms with Crippen molar-refractivity contribution in [1.29, 1.82) is 0 Å². The third-order valence-corrected chi connectivity index (χ3v) is 4.37. The molecule has 87 valence electrons. The first-order valence-electron chi connectivity index (χ1n) is 5.55. The molecule has 0 spiro atoms. The summed E-state index contributed by atoms with van der Waals surface area (Å²) < 4.78 is 5.89. The van der Waals surface area contributed by atoms with Gasteiger partial charge in [-0.1, -0.05) is 0 Å². The first kappa shape index (κ1) is 11.7. The van der Waals surface area contributed by atoms with Crippen LogP contribution in [0.4, 0.5) is 0 Å². The Labute approximate surface area is 96.1 Å². The highest BCUT2D eigenvalue weighted by Crippen LogP contribution is 2.42. The van der Waals surface area contributed by atoms with Gasteiger partial charge in [-0.2, -0.15) is 11.8 Å². The molecule has 2 rings (SSSR count). The lowest BCUT2D eigenvalue weighted by atomic mass is 9.97. The molecule has 0 aromatic carbocycles. The lowest BCUT2D eigenvalue weighted by Crippen LogP contribution is -2.48. The zero-order chi connectivity index (χ0) is 11.3. The molecule has 0 aliphatic carbocycles. The molecule has 15 heavy (non-hydrogen) atoms. The topological polar surface area (TPSA) is 32.4 Å². The Kier molecular flexibility index (Phi) is 2.83. The minimum atomic E-state index is -0.386. The Balaban J connectivity index is 1.98. The average molecular weight is 230 g/mol. The second-order valence-corrected chi connectivity index (χ2v) is 7.08. The van der Waals surface area contributed by atoms with Gasteiger partial charge in [-0.15, -0.1) is 10.3 Å². The van der Waals surface area contributed by atoms with E-state index < -0.39 is 0 Å².